The molecule has 2 aromatic rings. The van der Waals surface area contributed by atoms with Crippen molar-refractivity contribution in [3.05, 3.63) is 54.1 Å². The van der Waals surface area contributed by atoms with E-state index in [1.54, 1.807) is 0 Å². The van der Waals surface area contributed by atoms with Crippen LogP contribution in [-0.4, -0.2) is 55.0 Å². The molecule has 1 atom stereocenters. The van der Waals surface area contributed by atoms with Gasteiger partial charge in [0.2, 0.25) is 0 Å². The summed E-state index contributed by atoms with van der Waals surface area (Å²) in [5.41, 5.74) is 2.84. The maximum Gasteiger partial charge on any atom is 0.253 e. The molecule has 1 saturated heterocycles. The van der Waals surface area contributed by atoms with Crippen LogP contribution in [0, 0.1) is 0 Å². The second kappa shape index (κ2) is 7.92. The number of likely N-dealkylation sites (N-methyl/N-ethyl adjacent to an activating group) is 1. The predicted molar refractivity (Wildman–Crippen MR) is 106 cm³/mol. The van der Waals surface area contributed by atoms with Gasteiger partial charge >= 0.3 is 0 Å². The van der Waals surface area contributed by atoms with Crippen molar-refractivity contribution in [3.63, 3.8) is 0 Å². The van der Waals surface area contributed by atoms with Gasteiger partial charge in [0.25, 0.3) is 5.91 Å². The Bertz CT molecular complexity index is 770. The maximum absolute atomic E-state index is 12.9. The number of ether oxygens (including phenoxy) is 1. The van der Waals surface area contributed by atoms with E-state index >= 15 is 0 Å². The Morgan fingerprint density at radius 1 is 1.12 bits per heavy atom. The summed E-state index contributed by atoms with van der Waals surface area (Å²) in [5.74, 6) is 0.966. The van der Waals surface area contributed by atoms with Crippen LogP contribution in [0.25, 0.3) is 11.1 Å². The van der Waals surface area contributed by atoms with Crippen LogP contribution in [0.5, 0.6) is 5.75 Å². The van der Waals surface area contributed by atoms with Gasteiger partial charge in [-0.2, -0.15) is 0 Å². The van der Waals surface area contributed by atoms with Gasteiger partial charge in [0.05, 0.1) is 6.10 Å². The van der Waals surface area contributed by atoms with Gasteiger partial charge < -0.3 is 14.5 Å². The first-order valence-electron chi connectivity index (χ1n) is 9.27. The van der Waals surface area contributed by atoms with E-state index in [1.807, 2.05) is 61.2 Å². The zero-order chi connectivity index (χ0) is 18.7. The molecule has 1 unspecified atom stereocenters. The van der Waals surface area contributed by atoms with Crippen LogP contribution >= 0.6 is 0 Å². The minimum atomic E-state index is 0.116. The highest BCUT2D eigenvalue weighted by Crippen LogP contribution is 2.26. The molecule has 0 aliphatic carbocycles. The van der Waals surface area contributed by atoms with E-state index in [0.29, 0.717) is 6.04 Å². The Hall–Kier alpha value is -2.33. The van der Waals surface area contributed by atoms with Gasteiger partial charge in [-0.15, -0.1) is 0 Å². The van der Waals surface area contributed by atoms with Crippen LogP contribution < -0.4 is 4.74 Å². The predicted octanol–water partition coefficient (Wildman–Crippen LogP) is 3.92. The number of likely N-dealkylation sites (tertiary alicyclic amines) is 1. The molecule has 0 spiro atoms. The lowest BCUT2D eigenvalue weighted by Crippen LogP contribution is -2.34. The van der Waals surface area contributed by atoms with Gasteiger partial charge in [-0.05, 0) is 69.8 Å². The molecule has 1 aliphatic rings. The minimum Gasteiger partial charge on any atom is -0.491 e. The number of carbonyl (C=O) groups excluding carboxylic acids is 1. The van der Waals surface area contributed by atoms with Gasteiger partial charge in [-0.25, -0.2) is 0 Å². The van der Waals surface area contributed by atoms with Gasteiger partial charge in [0.1, 0.15) is 5.75 Å². The fourth-order valence-corrected chi connectivity index (χ4v) is 3.38. The van der Waals surface area contributed by atoms with Crippen LogP contribution in [0.15, 0.2) is 48.5 Å². The smallest absolute Gasteiger partial charge is 0.253 e. The molecule has 26 heavy (non-hydrogen) atoms. The number of carbonyl (C=O) groups is 1. The number of nitrogens with zero attached hydrogens (tertiary/aromatic N) is 2. The van der Waals surface area contributed by atoms with Crippen molar-refractivity contribution < 1.29 is 9.53 Å². The SMILES string of the molecule is CC(C)Oc1cccc(-c2cccc(C(=O)N3CCC(N(C)C)C3)c2)c1. The third kappa shape index (κ3) is 4.25. The summed E-state index contributed by atoms with van der Waals surface area (Å²) in [6, 6.07) is 16.4. The van der Waals surface area contributed by atoms with E-state index in [1.165, 1.54) is 0 Å². The van der Waals surface area contributed by atoms with Gasteiger partial charge in [0, 0.05) is 24.7 Å². The zero-order valence-corrected chi connectivity index (χ0v) is 16.1. The molecule has 1 aliphatic heterocycles. The Balaban J connectivity index is 1.79. The highest BCUT2D eigenvalue weighted by atomic mass is 16.5. The highest BCUT2D eigenvalue weighted by Gasteiger charge is 2.28. The maximum atomic E-state index is 12.9. The molecule has 138 valence electrons. The van der Waals surface area contributed by atoms with Crippen LogP contribution in [0.2, 0.25) is 0 Å². The summed E-state index contributed by atoms with van der Waals surface area (Å²) in [5, 5.41) is 0. The van der Waals surface area contributed by atoms with Crippen molar-refractivity contribution in [2.75, 3.05) is 27.2 Å². The van der Waals surface area contributed by atoms with E-state index in [9.17, 15) is 4.79 Å². The molecule has 1 amide bonds. The lowest BCUT2D eigenvalue weighted by Gasteiger charge is -2.20. The number of hydrogen-bond donors (Lipinski definition) is 0. The average molecular weight is 352 g/mol. The van der Waals surface area contributed by atoms with Crippen molar-refractivity contribution in [1.29, 1.82) is 0 Å². The molecular weight excluding hydrogens is 324 g/mol. The van der Waals surface area contributed by atoms with Crippen LogP contribution in [0.3, 0.4) is 0 Å². The molecular formula is C22H28N2O2. The largest absolute Gasteiger partial charge is 0.491 e. The van der Waals surface area contributed by atoms with E-state index < -0.39 is 0 Å². The van der Waals surface area contributed by atoms with E-state index in [4.69, 9.17) is 4.74 Å². The molecule has 0 aromatic heterocycles. The summed E-state index contributed by atoms with van der Waals surface area (Å²) < 4.78 is 5.79. The van der Waals surface area contributed by atoms with Crippen LogP contribution in [-0.2, 0) is 0 Å². The van der Waals surface area contributed by atoms with E-state index in [-0.39, 0.29) is 12.0 Å². The summed E-state index contributed by atoms with van der Waals surface area (Å²) in [4.78, 5) is 17.1. The zero-order valence-electron chi connectivity index (χ0n) is 16.1. The van der Waals surface area contributed by atoms with Crippen molar-refractivity contribution in [1.82, 2.24) is 9.80 Å². The first kappa shape index (κ1) is 18.5. The van der Waals surface area contributed by atoms with Gasteiger partial charge in [-0.3, -0.25) is 4.79 Å². The Kier molecular flexibility index (Phi) is 5.62. The molecule has 4 nitrogen and oxygen atoms in total. The highest BCUT2D eigenvalue weighted by molar-refractivity contribution is 5.95. The first-order chi connectivity index (χ1) is 12.4. The fraction of sp³-hybridized carbons (Fsp3) is 0.409. The summed E-state index contributed by atoms with van der Waals surface area (Å²) >= 11 is 0. The normalized spacial score (nSPS) is 17.2. The van der Waals surface area contributed by atoms with Crippen molar-refractivity contribution in [2.45, 2.75) is 32.4 Å². The number of benzene rings is 2. The molecule has 1 heterocycles. The third-order valence-corrected chi connectivity index (χ3v) is 4.83. The molecule has 0 saturated carbocycles. The second-order valence-corrected chi connectivity index (χ2v) is 7.43. The van der Waals surface area contributed by atoms with Crippen molar-refractivity contribution >= 4 is 5.91 Å². The second-order valence-electron chi connectivity index (χ2n) is 7.43. The van der Waals surface area contributed by atoms with Crippen LogP contribution in [0.1, 0.15) is 30.6 Å². The lowest BCUT2D eigenvalue weighted by atomic mass is 10.0. The Morgan fingerprint density at radius 3 is 2.46 bits per heavy atom. The quantitative estimate of drug-likeness (QED) is 0.818. The third-order valence-electron chi connectivity index (χ3n) is 4.83. The molecule has 3 rings (SSSR count). The summed E-state index contributed by atoms with van der Waals surface area (Å²) in [6.07, 6.45) is 1.17. The summed E-state index contributed by atoms with van der Waals surface area (Å²) in [6.45, 7) is 5.66. The average Bonchev–Trinajstić information content (AvgIpc) is 3.11. The van der Waals surface area contributed by atoms with E-state index in [2.05, 4.69) is 25.1 Å². The number of hydrogen-bond acceptors (Lipinski definition) is 3. The fourth-order valence-electron chi connectivity index (χ4n) is 3.38. The molecule has 0 N–H and O–H groups in total. The van der Waals surface area contributed by atoms with Gasteiger partial charge in [0.15, 0.2) is 0 Å². The van der Waals surface area contributed by atoms with Crippen molar-refractivity contribution in [2.24, 2.45) is 0 Å². The molecule has 0 radical (unpaired) electrons. The lowest BCUT2D eigenvalue weighted by molar-refractivity contribution is 0.0783. The summed E-state index contributed by atoms with van der Waals surface area (Å²) in [7, 11) is 4.15. The molecule has 4 heteroatoms. The monoisotopic (exact) mass is 352 g/mol. The molecule has 1 fully saturated rings. The minimum absolute atomic E-state index is 0.116. The van der Waals surface area contributed by atoms with Gasteiger partial charge in [-0.1, -0.05) is 24.3 Å². The Morgan fingerprint density at radius 2 is 1.81 bits per heavy atom. The Labute approximate surface area is 156 Å². The van der Waals surface area contributed by atoms with Crippen LogP contribution in [0.4, 0.5) is 0 Å². The first-order valence-corrected chi connectivity index (χ1v) is 9.27. The topological polar surface area (TPSA) is 32.8 Å². The standard InChI is InChI=1S/C22H28N2O2/c1-16(2)26-21-10-6-8-18(14-21)17-7-5-9-19(13-17)22(25)24-12-11-20(15-24)23(3)4/h5-10,13-14,16,20H,11-12,15H2,1-4H3. The number of rotatable bonds is 5. The molecule has 0 bridgehead atoms. The number of amides is 1. The molecule has 2 aromatic carbocycles. The van der Waals surface area contributed by atoms with Crippen molar-refractivity contribution in [3.8, 4) is 16.9 Å². The van der Waals surface area contributed by atoms with E-state index in [0.717, 1.165) is 42.0 Å².